The van der Waals surface area contributed by atoms with Crippen molar-refractivity contribution in [3.05, 3.63) is 29.8 Å². The molecule has 25 heavy (non-hydrogen) atoms. The number of hydrogen-bond donors (Lipinski definition) is 2. The van der Waals surface area contributed by atoms with Crippen LogP contribution in [0.5, 0.6) is 0 Å². The molecule has 1 heterocycles. The van der Waals surface area contributed by atoms with E-state index in [4.69, 9.17) is 4.99 Å². The van der Waals surface area contributed by atoms with E-state index in [9.17, 15) is 4.79 Å². The van der Waals surface area contributed by atoms with E-state index in [0.29, 0.717) is 0 Å². The van der Waals surface area contributed by atoms with Gasteiger partial charge in [-0.3, -0.25) is 9.79 Å². The summed E-state index contributed by atoms with van der Waals surface area (Å²) in [5, 5.41) is 6.21. The Kier molecular flexibility index (Phi) is 7.17. The molecule has 0 aromatic heterocycles. The maximum absolute atomic E-state index is 11.1. The van der Waals surface area contributed by atoms with Gasteiger partial charge in [0.05, 0.1) is 0 Å². The first-order chi connectivity index (χ1) is 11.9. The van der Waals surface area contributed by atoms with Crippen molar-refractivity contribution in [1.29, 1.82) is 0 Å². The second-order valence-electron chi connectivity index (χ2n) is 6.89. The zero-order valence-corrected chi connectivity index (χ0v) is 16.6. The third kappa shape index (κ3) is 6.61. The monoisotopic (exact) mass is 362 g/mol. The molecule has 1 aromatic rings. The number of hydrogen-bond acceptors (Lipinski definition) is 3. The Labute approximate surface area is 155 Å². The van der Waals surface area contributed by atoms with Gasteiger partial charge in [0, 0.05) is 49.3 Å². The Morgan fingerprint density at radius 3 is 2.64 bits per heavy atom. The lowest BCUT2D eigenvalue weighted by molar-refractivity contribution is -0.114. The van der Waals surface area contributed by atoms with Crippen molar-refractivity contribution in [3.63, 3.8) is 0 Å². The van der Waals surface area contributed by atoms with Gasteiger partial charge in [0.1, 0.15) is 0 Å². The molecule has 1 aliphatic heterocycles. The number of amides is 1. The predicted molar refractivity (Wildman–Crippen MR) is 109 cm³/mol. The molecule has 5 nitrogen and oxygen atoms in total. The first kappa shape index (κ1) is 19.6. The summed E-state index contributed by atoms with van der Waals surface area (Å²) in [6, 6.07) is 7.98. The number of carbonyl (C=O) groups excluding carboxylic acids is 1. The van der Waals surface area contributed by atoms with Gasteiger partial charge >= 0.3 is 0 Å². The van der Waals surface area contributed by atoms with E-state index in [-0.39, 0.29) is 10.7 Å². The number of thioether (sulfide) groups is 1. The van der Waals surface area contributed by atoms with Crippen molar-refractivity contribution >= 4 is 29.3 Å². The molecule has 0 atom stereocenters. The lowest BCUT2D eigenvalue weighted by Crippen LogP contribution is -2.51. The molecule has 6 heteroatoms. The van der Waals surface area contributed by atoms with E-state index in [0.717, 1.165) is 50.0 Å². The highest BCUT2D eigenvalue weighted by molar-refractivity contribution is 8.00. The number of anilines is 1. The van der Waals surface area contributed by atoms with Gasteiger partial charge in [0.2, 0.25) is 5.91 Å². The highest BCUT2D eigenvalue weighted by Gasteiger charge is 2.28. The van der Waals surface area contributed by atoms with Crippen LogP contribution in [0, 0.1) is 0 Å². The van der Waals surface area contributed by atoms with E-state index >= 15 is 0 Å². The lowest BCUT2D eigenvalue weighted by Gasteiger charge is -2.39. The molecule has 1 saturated heterocycles. The van der Waals surface area contributed by atoms with Gasteiger partial charge in [0.25, 0.3) is 0 Å². The van der Waals surface area contributed by atoms with Crippen LogP contribution in [0.2, 0.25) is 0 Å². The molecule has 0 bridgehead atoms. The number of nitrogens with one attached hydrogen (secondary N) is 2. The third-order valence-corrected chi connectivity index (χ3v) is 5.29. The standard InChI is InChI=1S/C19H30N4OS/c1-5-20-18(23-12-13-25-19(3,4)14-23)21-11-10-16-6-8-17(9-7-16)22-15(2)24/h6-9H,5,10-14H2,1-4H3,(H,20,21)(H,22,24). The molecule has 2 N–H and O–H groups in total. The number of benzene rings is 1. The van der Waals surface area contributed by atoms with Crippen LogP contribution in [0.1, 0.15) is 33.3 Å². The molecule has 0 spiro atoms. The highest BCUT2D eigenvalue weighted by Crippen LogP contribution is 2.29. The average Bonchev–Trinajstić information content (AvgIpc) is 2.54. The van der Waals surface area contributed by atoms with Crippen LogP contribution in [-0.4, -0.2) is 53.4 Å². The number of guanidine groups is 1. The Balaban J connectivity index is 1.93. The van der Waals surface area contributed by atoms with E-state index in [1.807, 2.05) is 36.0 Å². The molecule has 1 amide bonds. The molecule has 1 aromatic carbocycles. The quantitative estimate of drug-likeness (QED) is 0.624. The predicted octanol–water partition coefficient (Wildman–Crippen LogP) is 2.98. The van der Waals surface area contributed by atoms with Crippen molar-refractivity contribution in [3.8, 4) is 0 Å². The number of carbonyl (C=O) groups is 1. The Morgan fingerprint density at radius 2 is 2.04 bits per heavy atom. The summed E-state index contributed by atoms with van der Waals surface area (Å²) in [5.41, 5.74) is 2.06. The minimum absolute atomic E-state index is 0.0461. The Morgan fingerprint density at radius 1 is 1.32 bits per heavy atom. The molecule has 0 saturated carbocycles. The summed E-state index contributed by atoms with van der Waals surface area (Å²) < 4.78 is 0.272. The van der Waals surface area contributed by atoms with Crippen LogP contribution in [0.3, 0.4) is 0 Å². The normalized spacial score (nSPS) is 17.3. The lowest BCUT2D eigenvalue weighted by atomic mass is 10.1. The van der Waals surface area contributed by atoms with Crippen LogP contribution in [0.15, 0.2) is 29.3 Å². The number of aliphatic imine (C=N–C) groups is 1. The van der Waals surface area contributed by atoms with Gasteiger partial charge in [-0.05, 0) is 44.9 Å². The average molecular weight is 363 g/mol. The van der Waals surface area contributed by atoms with Crippen LogP contribution in [-0.2, 0) is 11.2 Å². The zero-order chi connectivity index (χ0) is 18.3. The smallest absolute Gasteiger partial charge is 0.221 e. The van der Waals surface area contributed by atoms with Gasteiger partial charge in [0.15, 0.2) is 5.96 Å². The minimum Gasteiger partial charge on any atom is -0.357 e. The summed E-state index contributed by atoms with van der Waals surface area (Å²) in [4.78, 5) is 18.3. The number of rotatable bonds is 5. The fraction of sp³-hybridized carbons (Fsp3) is 0.579. The Hall–Kier alpha value is -1.69. The van der Waals surface area contributed by atoms with Gasteiger partial charge in [-0.2, -0.15) is 11.8 Å². The van der Waals surface area contributed by atoms with E-state index in [1.165, 1.54) is 12.5 Å². The van der Waals surface area contributed by atoms with Crippen molar-refractivity contribution in [1.82, 2.24) is 10.2 Å². The molecule has 0 aliphatic carbocycles. The maximum Gasteiger partial charge on any atom is 0.221 e. The fourth-order valence-corrected chi connectivity index (χ4v) is 3.98. The second kappa shape index (κ2) is 9.13. The summed E-state index contributed by atoms with van der Waals surface area (Å²) >= 11 is 2.03. The minimum atomic E-state index is -0.0461. The fourth-order valence-electron chi connectivity index (χ4n) is 2.87. The summed E-state index contributed by atoms with van der Waals surface area (Å²) in [5.74, 6) is 2.11. The SMILES string of the molecule is CCNC(=NCCc1ccc(NC(C)=O)cc1)N1CCSC(C)(C)C1. The maximum atomic E-state index is 11.1. The molecular weight excluding hydrogens is 332 g/mol. The molecule has 138 valence electrons. The van der Waals surface area contributed by atoms with Crippen molar-refractivity contribution < 1.29 is 4.79 Å². The molecule has 2 rings (SSSR count). The largest absolute Gasteiger partial charge is 0.357 e. The van der Waals surface area contributed by atoms with E-state index in [2.05, 4.69) is 36.3 Å². The van der Waals surface area contributed by atoms with Crippen LogP contribution in [0.25, 0.3) is 0 Å². The second-order valence-corrected chi connectivity index (χ2v) is 8.70. The molecule has 1 aliphatic rings. The van der Waals surface area contributed by atoms with Gasteiger partial charge in [-0.1, -0.05) is 12.1 Å². The molecule has 0 unspecified atom stereocenters. The van der Waals surface area contributed by atoms with Crippen LogP contribution < -0.4 is 10.6 Å². The number of nitrogens with zero attached hydrogens (tertiary/aromatic N) is 2. The van der Waals surface area contributed by atoms with E-state index < -0.39 is 0 Å². The first-order valence-corrected chi connectivity index (χ1v) is 9.92. The van der Waals surface area contributed by atoms with Crippen molar-refractivity contribution in [2.75, 3.05) is 37.2 Å². The van der Waals surface area contributed by atoms with Gasteiger partial charge in [-0.15, -0.1) is 0 Å². The van der Waals surface area contributed by atoms with Crippen molar-refractivity contribution in [2.24, 2.45) is 4.99 Å². The van der Waals surface area contributed by atoms with E-state index in [1.54, 1.807) is 0 Å². The van der Waals surface area contributed by atoms with Crippen molar-refractivity contribution in [2.45, 2.75) is 38.9 Å². The molecule has 0 radical (unpaired) electrons. The highest BCUT2D eigenvalue weighted by atomic mass is 32.2. The molecule has 1 fully saturated rings. The topological polar surface area (TPSA) is 56.7 Å². The van der Waals surface area contributed by atoms with Gasteiger partial charge < -0.3 is 15.5 Å². The summed E-state index contributed by atoms with van der Waals surface area (Å²) in [6.45, 7) is 11.9. The first-order valence-electron chi connectivity index (χ1n) is 8.93. The third-order valence-electron chi connectivity index (χ3n) is 4.00. The zero-order valence-electron chi connectivity index (χ0n) is 15.8. The van der Waals surface area contributed by atoms with Gasteiger partial charge in [-0.25, -0.2) is 0 Å². The molecular formula is C19H30N4OS. The summed E-state index contributed by atoms with van der Waals surface area (Å²) in [6.07, 6.45) is 0.890. The summed E-state index contributed by atoms with van der Waals surface area (Å²) in [7, 11) is 0. The Bertz CT molecular complexity index is 598. The van der Waals surface area contributed by atoms with Crippen LogP contribution in [0.4, 0.5) is 5.69 Å². The van der Waals surface area contributed by atoms with Crippen LogP contribution >= 0.6 is 11.8 Å².